The Hall–Kier alpha value is -1.20. The average Bonchev–Trinajstić information content (AvgIpc) is 2.29. The molecule has 0 bridgehead atoms. The van der Waals surface area contributed by atoms with Gasteiger partial charge in [-0.2, -0.15) is 0 Å². The molecule has 1 aromatic heterocycles. The van der Waals surface area contributed by atoms with Gasteiger partial charge in [-0.1, -0.05) is 39.3 Å². The summed E-state index contributed by atoms with van der Waals surface area (Å²) in [6, 6.07) is 1.47. The van der Waals surface area contributed by atoms with Crippen molar-refractivity contribution in [2.75, 3.05) is 6.54 Å². The molecule has 0 saturated carbocycles. The average molecular weight is 286 g/mol. The summed E-state index contributed by atoms with van der Waals surface area (Å²) in [5.41, 5.74) is 0.445. The van der Waals surface area contributed by atoms with E-state index in [4.69, 9.17) is 11.6 Å². The van der Waals surface area contributed by atoms with Crippen LogP contribution in [0, 0.1) is 15.5 Å². The van der Waals surface area contributed by atoms with E-state index in [9.17, 15) is 10.1 Å². The number of hydrogen-bond donors (Lipinski definition) is 1. The van der Waals surface area contributed by atoms with Crippen molar-refractivity contribution in [3.05, 3.63) is 33.1 Å². The van der Waals surface area contributed by atoms with Crippen LogP contribution in [0.2, 0.25) is 5.02 Å². The van der Waals surface area contributed by atoms with Gasteiger partial charge in [-0.3, -0.25) is 15.1 Å². The van der Waals surface area contributed by atoms with Gasteiger partial charge >= 0.3 is 0 Å². The largest absolute Gasteiger partial charge is 0.313 e. The molecule has 0 radical (unpaired) electrons. The Kier molecular flexibility index (Phi) is 5.26. The number of pyridine rings is 1. The fourth-order valence-corrected chi connectivity index (χ4v) is 2.05. The quantitative estimate of drug-likeness (QED) is 0.666. The molecule has 0 aromatic carbocycles. The minimum Gasteiger partial charge on any atom is -0.313 e. The summed E-state index contributed by atoms with van der Waals surface area (Å²) in [7, 11) is 0. The standard InChI is InChI=1S/C13H20ClN3O2/c1-5-15-12(13(2,3)4)7-10-11(17(18)19)6-9(14)8-16-10/h6,8,12,15H,5,7H2,1-4H3. The van der Waals surface area contributed by atoms with Crippen LogP contribution < -0.4 is 5.32 Å². The van der Waals surface area contributed by atoms with E-state index in [-0.39, 0.29) is 22.2 Å². The molecule has 0 aliphatic carbocycles. The van der Waals surface area contributed by atoms with Crippen LogP contribution in [0.3, 0.4) is 0 Å². The first-order chi connectivity index (χ1) is 8.75. The number of aromatic nitrogens is 1. The number of halogens is 1. The van der Waals surface area contributed by atoms with Crippen LogP contribution in [0.15, 0.2) is 12.3 Å². The molecule has 1 N–H and O–H groups in total. The van der Waals surface area contributed by atoms with E-state index < -0.39 is 4.92 Å². The molecule has 1 atom stereocenters. The van der Waals surface area contributed by atoms with Crippen molar-refractivity contribution in [3.8, 4) is 0 Å². The van der Waals surface area contributed by atoms with Crippen molar-refractivity contribution in [2.24, 2.45) is 5.41 Å². The molecule has 19 heavy (non-hydrogen) atoms. The lowest BCUT2D eigenvalue weighted by Crippen LogP contribution is -2.42. The topological polar surface area (TPSA) is 68.1 Å². The Morgan fingerprint density at radius 2 is 2.16 bits per heavy atom. The van der Waals surface area contributed by atoms with Gasteiger partial charge in [0.15, 0.2) is 0 Å². The molecule has 0 saturated heterocycles. The maximum Gasteiger partial charge on any atom is 0.292 e. The summed E-state index contributed by atoms with van der Waals surface area (Å²) in [6.07, 6.45) is 1.96. The van der Waals surface area contributed by atoms with Gasteiger partial charge in [-0.05, 0) is 12.0 Å². The van der Waals surface area contributed by atoms with Crippen LogP contribution in [0.4, 0.5) is 5.69 Å². The van der Waals surface area contributed by atoms with Crippen molar-refractivity contribution >= 4 is 17.3 Å². The van der Waals surface area contributed by atoms with Gasteiger partial charge in [0.25, 0.3) is 5.69 Å². The zero-order valence-electron chi connectivity index (χ0n) is 11.7. The number of hydrogen-bond acceptors (Lipinski definition) is 4. The Morgan fingerprint density at radius 1 is 1.53 bits per heavy atom. The highest BCUT2D eigenvalue weighted by Gasteiger charge is 2.27. The van der Waals surface area contributed by atoms with Gasteiger partial charge < -0.3 is 5.32 Å². The maximum absolute atomic E-state index is 11.0. The SMILES string of the molecule is CCNC(Cc1ncc(Cl)cc1[N+](=O)[O-])C(C)(C)C. The van der Waals surface area contributed by atoms with Crippen LogP contribution in [0.5, 0.6) is 0 Å². The summed E-state index contributed by atoms with van der Waals surface area (Å²) in [4.78, 5) is 14.7. The van der Waals surface area contributed by atoms with Crippen molar-refractivity contribution in [1.82, 2.24) is 10.3 Å². The first-order valence-corrected chi connectivity index (χ1v) is 6.65. The monoisotopic (exact) mass is 285 g/mol. The third-order valence-electron chi connectivity index (χ3n) is 3.00. The van der Waals surface area contributed by atoms with E-state index in [1.807, 2.05) is 6.92 Å². The molecule has 6 heteroatoms. The molecule has 1 rings (SSSR count). The molecule has 1 unspecified atom stereocenters. The number of likely N-dealkylation sites (N-methyl/N-ethyl adjacent to an activating group) is 1. The molecule has 0 amide bonds. The predicted molar refractivity (Wildman–Crippen MR) is 76.5 cm³/mol. The second kappa shape index (κ2) is 6.30. The summed E-state index contributed by atoms with van der Waals surface area (Å²) in [5, 5.41) is 14.7. The van der Waals surface area contributed by atoms with Gasteiger partial charge in [-0.25, -0.2) is 0 Å². The molecule has 0 aliphatic rings. The predicted octanol–water partition coefficient (Wildman–Crippen LogP) is 3.21. The molecule has 5 nitrogen and oxygen atoms in total. The normalized spacial score (nSPS) is 13.3. The van der Waals surface area contributed by atoms with Gasteiger partial charge in [0.2, 0.25) is 0 Å². The number of rotatable bonds is 5. The smallest absolute Gasteiger partial charge is 0.292 e. The summed E-state index contributed by atoms with van der Waals surface area (Å²) in [5.74, 6) is 0. The summed E-state index contributed by atoms with van der Waals surface area (Å²) < 4.78 is 0. The molecule has 0 aliphatic heterocycles. The van der Waals surface area contributed by atoms with Gasteiger partial charge in [0, 0.05) is 24.7 Å². The van der Waals surface area contributed by atoms with Crippen LogP contribution in [-0.2, 0) is 6.42 Å². The molecule has 0 spiro atoms. The first-order valence-electron chi connectivity index (χ1n) is 6.28. The summed E-state index contributed by atoms with van der Waals surface area (Å²) >= 11 is 5.77. The van der Waals surface area contributed by atoms with Crippen molar-refractivity contribution in [1.29, 1.82) is 0 Å². The zero-order chi connectivity index (χ0) is 14.6. The highest BCUT2D eigenvalue weighted by atomic mass is 35.5. The van der Waals surface area contributed by atoms with Crippen LogP contribution >= 0.6 is 11.6 Å². The van der Waals surface area contributed by atoms with Gasteiger partial charge in [0.1, 0.15) is 5.69 Å². The highest BCUT2D eigenvalue weighted by Crippen LogP contribution is 2.27. The van der Waals surface area contributed by atoms with Crippen molar-refractivity contribution < 1.29 is 4.92 Å². The Balaban J connectivity index is 3.06. The Labute approximate surface area is 118 Å². The second-order valence-corrected chi connectivity index (χ2v) is 5.99. The van der Waals surface area contributed by atoms with E-state index in [1.54, 1.807) is 0 Å². The molecule has 1 heterocycles. The molecule has 1 aromatic rings. The number of nitro groups is 1. The van der Waals surface area contributed by atoms with E-state index in [2.05, 4.69) is 31.1 Å². The number of nitrogens with zero attached hydrogens (tertiary/aromatic N) is 2. The number of nitrogens with one attached hydrogen (secondary N) is 1. The second-order valence-electron chi connectivity index (χ2n) is 5.56. The van der Waals surface area contributed by atoms with Crippen LogP contribution in [-0.4, -0.2) is 22.5 Å². The lowest BCUT2D eigenvalue weighted by Gasteiger charge is -2.31. The third kappa shape index (κ3) is 4.44. The Morgan fingerprint density at radius 3 is 2.63 bits per heavy atom. The van der Waals surface area contributed by atoms with E-state index in [0.29, 0.717) is 12.1 Å². The lowest BCUT2D eigenvalue weighted by atomic mass is 9.83. The van der Waals surface area contributed by atoms with E-state index in [1.165, 1.54) is 12.3 Å². The Bertz CT molecular complexity index is 458. The summed E-state index contributed by atoms with van der Waals surface area (Å²) in [6.45, 7) is 9.12. The van der Waals surface area contributed by atoms with E-state index in [0.717, 1.165) is 6.54 Å². The molecular weight excluding hydrogens is 266 g/mol. The maximum atomic E-state index is 11.0. The van der Waals surface area contributed by atoms with Crippen molar-refractivity contribution in [2.45, 2.75) is 40.2 Å². The van der Waals surface area contributed by atoms with Gasteiger partial charge in [0.05, 0.1) is 9.95 Å². The molecule has 0 fully saturated rings. The van der Waals surface area contributed by atoms with Crippen LogP contribution in [0.25, 0.3) is 0 Å². The molecule has 106 valence electrons. The fraction of sp³-hybridized carbons (Fsp3) is 0.615. The minimum absolute atomic E-state index is 0.00874. The molecular formula is C13H20ClN3O2. The fourth-order valence-electron chi connectivity index (χ4n) is 1.90. The third-order valence-corrected chi connectivity index (χ3v) is 3.21. The van der Waals surface area contributed by atoms with E-state index >= 15 is 0 Å². The minimum atomic E-state index is -0.431. The first kappa shape index (κ1) is 15.9. The zero-order valence-corrected chi connectivity index (χ0v) is 12.5. The van der Waals surface area contributed by atoms with Crippen molar-refractivity contribution in [3.63, 3.8) is 0 Å². The van der Waals surface area contributed by atoms with Crippen LogP contribution in [0.1, 0.15) is 33.4 Å². The van der Waals surface area contributed by atoms with Gasteiger partial charge in [-0.15, -0.1) is 0 Å². The highest BCUT2D eigenvalue weighted by molar-refractivity contribution is 6.30. The lowest BCUT2D eigenvalue weighted by molar-refractivity contribution is -0.386.